The highest BCUT2D eigenvalue weighted by Gasteiger charge is 2.14. The summed E-state index contributed by atoms with van der Waals surface area (Å²) in [5.41, 5.74) is 5.18. The summed E-state index contributed by atoms with van der Waals surface area (Å²) < 4.78 is 20.8. The zero-order valence-electron chi connectivity index (χ0n) is 19.8. The molecule has 2 aromatic carbocycles. The largest absolute Gasteiger partial charge is 0.487 e. The number of ether oxygens (including phenoxy) is 1. The average molecular weight is 515 g/mol. The Kier molecular flexibility index (Phi) is 6.93. The number of fused-ring (bicyclic) bond motifs is 1. The third-order valence-electron chi connectivity index (χ3n) is 5.78. The number of aromatic nitrogens is 4. The van der Waals surface area contributed by atoms with E-state index in [-0.39, 0.29) is 6.61 Å². The third-order valence-corrected chi connectivity index (χ3v) is 7.23. The number of para-hydroxylation sites is 1. The minimum atomic E-state index is -1.29. The van der Waals surface area contributed by atoms with Crippen LogP contribution in [-0.4, -0.2) is 24.0 Å². The molecule has 0 fully saturated rings. The van der Waals surface area contributed by atoms with Crippen LogP contribution in [0.1, 0.15) is 16.8 Å². The molecule has 5 rings (SSSR count). The second kappa shape index (κ2) is 10.4. The first-order valence-corrected chi connectivity index (χ1v) is 12.9. The molecule has 36 heavy (non-hydrogen) atoms. The molecule has 3 aromatic heterocycles. The van der Waals surface area contributed by atoms with Gasteiger partial charge in [0.2, 0.25) is 0 Å². The van der Waals surface area contributed by atoms with Crippen LogP contribution in [0.5, 0.6) is 5.75 Å². The van der Waals surface area contributed by atoms with Gasteiger partial charge in [-0.25, -0.2) is 9.19 Å². The van der Waals surface area contributed by atoms with Gasteiger partial charge >= 0.3 is 0 Å². The minimum Gasteiger partial charge on any atom is -0.487 e. The van der Waals surface area contributed by atoms with E-state index in [0.29, 0.717) is 10.8 Å². The van der Waals surface area contributed by atoms with Crippen molar-refractivity contribution >= 4 is 39.4 Å². The van der Waals surface area contributed by atoms with Crippen molar-refractivity contribution in [1.82, 2.24) is 19.7 Å². The zero-order chi connectivity index (χ0) is 25.1. The highest BCUT2D eigenvalue weighted by atomic mass is 35.5. The fourth-order valence-corrected chi connectivity index (χ4v) is 5.08. The van der Waals surface area contributed by atoms with Gasteiger partial charge < -0.3 is 4.74 Å². The summed E-state index contributed by atoms with van der Waals surface area (Å²) in [6.45, 7) is 2.17. The Labute approximate surface area is 216 Å². The first-order valence-electron chi connectivity index (χ1n) is 11.3. The molecule has 1 atom stereocenters. The summed E-state index contributed by atoms with van der Waals surface area (Å²) in [5.74, 6) is 0.648. The lowest BCUT2D eigenvalue weighted by Crippen LogP contribution is -2.02. The van der Waals surface area contributed by atoms with E-state index in [2.05, 4.69) is 16.1 Å². The van der Waals surface area contributed by atoms with Crippen LogP contribution in [0.3, 0.4) is 0 Å². The molecule has 0 saturated heterocycles. The number of pyridine rings is 2. The summed E-state index contributed by atoms with van der Waals surface area (Å²) in [5, 5.41) is 7.39. The van der Waals surface area contributed by atoms with E-state index in [1.807, 2.05) is 73.3 Å². The molecule has 5 aromatic rings. The maximum atomic E-state index is 12.7. The molecule has 6 nitrogen and oxygen atoms in total. The first kappa shape index (κ1) is 23.9. The van der Waals surface area contributed by atoms with E-state index >= 15 is 0 Å². The molecular weight excluding hydrogens is 492 g/mol. The predicted molar refractivity (Wildman–Crippen MR) is 144 cm³/mol. The quantitative estimate of drug-likeness (QED) is 0.253. The molecule has 180 valence electrons. The van der Waals surface area contributed by atoms with Crippen LogP contribution in [0.25, 0.3) is 28.2 Å². The Hall–Kier alpha value is -3.81. The Bertz CT molecular complexity index is 1600. The van der Waals surface area contributed by atoms with Crippen LogP contribution < -0.4 is 4.74 Å². The van der Waals surface area contributed by atoms with Crippen molar-refractivity contribution in [2.24, 2.45) is 7.05 Å². The van der Waals surface area contributed by atoms with E-state index in [1.54, 1.807) is 30.1 Å². The monoisotopic (exact) mass is 514 g/mol. The van der Waals surface area contributed by atoms with Gasteiger partial charge in [-0.15, -0.1) is 0 Å². The number of aryl methyl sites for hydroxylation is 2. The number of benzene rings is 2. The lowest BCUT2D eigenvalue weighted by molar-refractivity contribution is 0.309. The van der Waals surface area contributed by atoms with Gasteiger partial charge in [-0.05, 0) is 43.3 Å². The SMILES string of the molecule is Cc1cc(-c2ccnn2C)c2cccc(OCc3c(Cl)cncc3C=CS(=O)c3ccccc3)c2n1. The Balaban J connectivity index is 1.46. The molecule has 0 N–H and O–H groups in total. The number of halogens is 1. The van der Waals surface area contributed by atoms with Crippen molar-refractivity contribution in [3.05, 3.63) is 107 Å². The molecule has 0 radical (unpaired) electrons. The van der Waals surface area contributed by atoms with E-state index in [0.717, 1.165) is 43.9 Å². The second-order valence-corrected chi connectivity index (χ2v) is 9.94. The first-order chi connectivity index (χ1) is 17.5. The lowest BCUT2D eigenvalue weighted by Gasteiger charge is -2.14. The van der Waals surface area contributed by atoms with E-state index in [1.165, 1.54) is 0 Å². The molecule has 0 aliphatic heterocycles. The van der Waals surface area contributed by atoms with Gasteiger partial charge in [0.15, 0.2) is 0 Å². The van der Waals surface area contributed by atoms with E-state index in [9.17, 15) is 4.21 Å². The topological polar surface area (TPSA) is 69.9 Å². The van der Waals surface area contributed by atoms with Crippen LogP contribution in [0.15, 0.2) is 89.6 Å². The molecule has 0 bridgehead atoms. The smallest absolute Gasteiger partial charge is 0.146 e. The fourth-order valence-electron chi connectivity index (χ4n) is 4.01. The maximum Gasteiger partial charge on any atom is 0.146 e. The number of nitrogens with zero attached hydrogens (tertiary/aromatic N) is 4. The van der Waals surface area contributed by atoms with Crippen molar-refractivity contribution in [2.75, 3.05) is 0 Å². The maximum absolute atomic E-state index is 12.7. The molecule has 0 amide bonds. The normalized spacial score (nSPS) is 12.3. The highest BCUT2D eigenvalue weighted by molar-refractivity contribution is 7.88. The molecule has 3 heterocycles. The van der Waals surface area contributed by atoms with Crippen molar-refractivity contribution in [3.63, 3.8) is 0 Å². The number of hydrogen-bond donors (Lipinski definition) is 0. The standard InChI is InChI=1S/C28H23ClN4O2S/c1-19-15-23(26-11-13-31-33(26)2)22-9-6-10-27(28(22)32-19)35-18-24-20(16-30-17-25(24)29)12-14-36(34)21-7-4-3-5-8-21/h3-17H,18H2,1-2H3. The number of hydrogen-bond acceptors (Lipinski definition) is 5. The predicted octanol–water partition coefficient (Wildman–Crippen LogP) is 6.35. The van der Waals surface area contributed by atoms with Crippen LogP contribution in [0.4, 0.5) is 0 Å². The van der Waals surface area contributed by atoms with Crippen molar-refractivity contribution in [3.8, 4) is 17.0 Å². The van der Waals surface area contributed by atoms with E-state index in [4.69, 9.17) is 21.3 Å². The molecule has 0 aliphatic carbocycles. The summed E-state index contributed by atoms with van der Waals surface area (Å²) in [6, 6.07) is 19.2. The van der Waals surface area contributed by atoms with Gasteiger partial charge in [0.25, 0.3) is 0 Å². The Morgan fingerprint density at radius 2 is 1.92 bits per heavy atom. The van der Waals surface area contributed by atoms with Gasteiger partial charge in [-0.3, -0.25) is 9.67 Å². The highest BCUT2D eigenvalue weighted by Crippen LogP contribution is 2.34. The number of rotatable bonds is 7. The van der Waals surface area contributed by atoms with Gasteiger partial charge in [0.05, 0.1) is 21.5 Å². The summed E-state index contributed by atoms with van der Waals surface area (Å²) >= 11 is 6.50. The third kappa shape index (κ3) is 4.94. The molecular formula is C28H23ClN4O2S. The van der Waals surface area contributed by atoms with Crippen molar-refractivity contribution in [1.29, 1.82) is 0 Å². The van der Waals surface area contributed by atoms with Crippen molar-refractivity contribution < 1.29 is 8.95 Å². The lowest BCUT2D eigenvalue weighted by atomic mass is 10.0. The minimum absolute atomic E-state index is 0.203. The van der Waals surface area contributed by atoms with Crippen LogP contribution in [0, 0.1) is 6.92 Å². The molecule has 0 saturated carbocycles. The Morgan fingerprint density at radius 3 is 2.69 bits per heavy atom. The molecule has 8 heteroatoms. The Morgan fingerprint density at radius 1 is 1.08 bits per heavy atom. The zero-order valence-corrected chi connectivity index (χ0v) is 21.3. The van der Waals surface area contributed by atoms with Crippen LogP contribution >= 0.6 is 11.6 Å². The van der Waals surface area contributed by atoms with Gasteiger partial charge in [0, 0.05) is 63.7 Å². The van der Waals surface area contributed by atoms with Gasteiger partial charge in [0.1, 0.15) is 17.9 Å². The fraction of sp³-hybridized carbons (Fsp3) is 0.107. The summed E-state index contributed by atoms with van der Waals surface area (Å²) in [6.07, 6.45) is 6.82. The van der Waals surface area contributed by atoms with Crippen LogP contribution in [0.2, 0.25) is 5.02 Å². The average Bonchev–Trinajstić information content (AvgIpc) is 3.32. The van der Waals surface area contributed by atoms with Crippen LogP contribution in [-0.2, 0) is 24.5 Å². The second-order valence-electron chi connectivity index (χ2n) is 8.19. The molecule has 1 unspecified atom stereocenters. The molecule has 0 spiro atoms. The van der Waals surface area contributed by atoms with E-state index < -0.39 is 10.8 Å². The summed E-state index contributed by atoms with van der Waals surface area (Å²) in [4.78, 5) is 9.70. The summed E-state index contributed by atoms with van der Waals surface area (Å²) in [7, 11) is 0.631. The van der Waals surface area contributed by atoms with Gasteiger partial charge in [-0.2, -0.15) is 5.10 Å². The van der Waals surface area contributed by atoms with Gasteiger partial charge in [-0.1, -0.05) is 41.9 Å². The van der Waals surface area contributed by atoms with Crippen molar-refractivity contribution in [2.45, 2.75) is 18.4 Å². The molecule has 0 aliphatic rings.